The molecule has 0 aliphatic heterocycles. The highest BCUT2D eigenvalue weighted by molar-refractivity contribution is 4.78. The average molecular weight is 273 g/mol. The highest BCUT2D eigenvalue weighted by atomic mass is 16.5. The maximum atomic E-state index is 9.83. The predicted molar refractivity (Wildman–Crippen MR) is 77.4 cm³/mol. The number of aliphatic hydroxyl groups excluding tert-OH is 1. The summed E-state index contributed by atoms with van der Waals surface area (Å²) in [6.07, 6.45) is 6.06. The summed E-state index contributed by atoms with van der Waals surface area (Å²) < 4.78 is 10.5. The third kappa shape index (κ3) is 7.88. The lowest BCUT2D eigenvalue weighted by atomic mass is 9.84. The van der Waals surface area contributed by atoms with Crippen molar-refractivity contribution in [1.29, 1.82) is 0 Å². The summed E-state index contributed by atoms with van der Waals surface area (Å²) in [6, 6.07) is 0.580. The van der Waals surface area contributed by atoms with E-state index in [1.807, 2.05) is 6.92 Å². The Labute approximate surface area is 117 Å². The van der Waals surface area contributed by atoms with Crippen LogP contribution in [0.1, 0.15) is 46.0 Å². The van der Waals surface area contributed by atoms with Gasteiger partial charge in [0.15, 0.2) is 0 Å². The highest BCUT2D eigenvalue weighted by Crippen LogP contribution is 2.26. The van der Waals surface area contributed by atoms with Crippen LogP contribution in [0.5, 0.6) is 0 Å². The maximum Gasteiger partial charge on any atom is 0.0897 e. The normalized spacial score (nSPS) is 25.4. The Morgan fingerprint density at radius 2 is 2.00 bits per heavy atom. The van der Waals surface area contributed by atoms with Crippen molar-refractivity contribution in [1.82, 2.24) is 5.32 Å². The third-order valence-electron chi connectivity index (χ3n) is 3.89. The fourth-order valence-electron chi connectivity index (χ4n) is 2.69. The number of hydrogen-bond acceptors (Lipinski definition) is 4. The Kier molecular flexibility index (Phi) is 9.43. The molecule has 2 N–H and O–H groups in total. The third-order valence-corrected chi connectivity index (χ3v) is 3.89. The molecule has 1 saturated carbocycles. The monoisotopic (exact) mass is 273 g/mol. The number of rotatable bonds is 10. The summed E-state index contributed by atoms with van der Waals surface area (Å²) in [5.41, 5.74) is 0. The topological polar surface area (TPSA) is 50.7 Å². The van der Waals surface area contributed by atoms with Gasteiger partial charge in [0, 0.05) is 19.2 Å². The van der Waals surface area contributed by atoms with E-state index in [4.69, 9.17) is 9.47 Å². The van der Waals surface area contributed by atoms with Gasteiger partial charge in [-0.15, -0.1) is 0 Å². The fraction of sp³-hybridized carbons (Fsp3) is 1.00. The Morgan fingerprint density at radius 1 is 1.21 bits per heavy atom. The summed E-state index contributed by atoms with van der Waals surface area (Å²) in [6.45, 7) is 7.15. The summed E-state index contributed by atoms with van der Waals surface area (Å²) in [5, 5.41) is 13.3. The van der Waals surface area contributed by atoms with Gasteiger partial charge < -0.3 is 19.9 Å². The lowest BCUT2D eigenvalue weighted by molar-refractivity contribution is 0.00514. The van der Waals surface area contributed by atoms with Crippen molar-refractivity contribution in [3.05, 3.63) is 0 Å². The zero-order valence-electron chi connectivity index (χ0n) is 12.6. The molecule has 3 unspecified atom stereocenters. The van der Waals surface area contributed by atoms with Crippen LogP contribution in [-0.4, -0.2) is 50.2 Å². The minimum atomic E-state index is -0.413. The van der Waals surface area contributed by atoms with Crippen LogP contribution >= 0.6 is 0 Å². The molecule has 4 nitrogen and oxygen atoms in total. The first-order chi connectivity index (χ1) is 9.26. The minimum absolute atomic E-state index is 0.393. The van der Waals surface area contributed by atoms with Gasteiger partial charge in [0.1, 0.15) is 0 Å². The van der Waals surface area contributed by atoms with E-state index in [1.54, 1.807) is 0 Å². The van der Waals surface area contributed by atoms with Crippen molar-refractivity contribution in [3.63, 3.8) is 0 Å². The van der Waals surface area contributed by atoms with E-state index in [1.165, 1.54) is 32.1 Å². The van der Waals surface area contributed by atoms with Crippen LogP contribution in [0.2, 0.25) is 0 Å². The largest absolute Gasteiger partial charge is 0.389 e. The second kappa shape index (κ2) is 10.6. The van der Waals surface area contributed by atoms with Crippen molar-refractivity contribution in [2.45, 2.75) is 58.1 Å². The maximum absolute atomic E-state index is 9.83. The SMILES string of the molecule is CCOCCOCC(O)CNC1CCCC(CC)C1. The number of nitrogens with one attached hydrogen (secondary N) is 1. The molecule has 0 heterocycles. The number of aliphatic hydroxyl groups is 1. The van der Waals surface area contributed by atoms with Crippen LogP contribution in [0.4, 0.5) is 0 Å². The lowest BCUT2D eigenvalue weighted by Gasteiger charge is -2.29. The van der Waals surface area contributed by atoms with E-state index in [0.717, 1.165) is 5.92 Å². The van der Waals surface area contributed by atoms with Crippen molar-refractivity contribution in [2.75, 3.05) is 33.0 Å². The molecular formula is C15H31NO3. The highest BCUT2D eigenvalue weighted by Gasteiger charge is 2.20. The molecule has 0 radical (unpaired) electrons. The molecule has 1 rings (SSSR count). The summed E-state index contributed by atoms with van der Waals surface area (Å²) in [4.78, 5) is 0. The second-order valence-corrected chi connectivity index (χ2v) is 5.47. The summed E-state index contributed by atoms with van der Waals surface area (Å²) in [7, 11) is 0. The first-order valence-electron chi connectivity index (χ1n) is 7.83. The van der Waals surface area contributed by atoms with Crippen molar-refractivity contribution < 1.29 is 14.6 Å². The van der Waals surface area contributed by atoms with Gasteiger partial charge in [-0.2, -0.15) is 0 Å². The molecule has 4 heteroatoms. The lowest BCUT2D eigenvalue weighted by Crippen LogP contribution is -2.40. The molecule has 0 saturated heterocycles. The zero-order valence-corrected chi connectivity index (χ0v) is 12.6. The van der Waals surface area contributed by atoms with Crippen LogP contribution in [0, 0.1) is 5.92 Å². The Balaban J connectivity index is 2.01. The second-order valence-electron chi connectivity index (χ2n) is 5.47. The smallest absolute Gasteiger partial charge is 0.0897 e. The van der Waals surface area contributed by atoms with E-state index in [9.17, 15) is 5.11 Å². The zero-order chi connectivity index (χ0) is 13.9. The van der Waals surface area contributed by atoms with Gasteiger partial charge in [0.2, 0.25) is 0 Å². The van der Waals surface area contributed by atoms with E-state index in [2.05, 4.69) is 12.2 Å². The number of hydrogen-bond donors (Lipinski definition) is 2. The van der Waals surface area contributed by atoms with Gasteiger partial charge in [-0.25, -0.2) is 0 Å². The van der Waals surface area contributed by atoms with Crippen molar-refractivity contribution in [2.24, 2.45) is 5.92 Å². The van der Waals surface area contributed by atoms with Crippen LogP contribution in [0.25, 0.3) is 0 Å². The Morgan fingerprint density at radius 3 is 2.74 bits per heavy atom. The van der Waals surface area contributed by atoms with Crippen LogP contribution < -0.4 is 5.32 Å². The molecule has 0 aromatic carbocycles. The molecule has 0 bridgehead atoms. The van der Waals surface area contributed by atoms with E-state index >= 15 is 0 Å². The number of ether oxygens (including phenoxy) is 2. The summed E-state index contributed by atoms with van der Waals surface area (Å²) >= 11 is 0. The van der Waals surface area contributed by atoms with E-state index in [0.29, 0.717) is 39.0 Å². The first kappa shape index (κ1) is 16.9. The van der Waals surface area contributed by atoms with Crippen LogP contribution in [0.15, 0.2) is 0 Å². The van der Waals surface area contributed by atoms with Gasteiger partial charge in [-0.3, -0.25) is 0 Å². The fourth-order valence-corrected chi connectivity index (χ4v) is 2.69. The summed E-state index contributed by atoms with van der Waals surface area (Å²) in [5.74, 6) is 0.867. The Hall–Kier alpha value is -0.160. The van der Waals surface area contributed by atoms with Crippen LogP contribution in [0.3, 0.4) is 0 Å². The Bertz CT molecular complexity index is 214. The minimum Gasteiger partial charge on any atom is -0.389 e. The van der Waals surface area contributed by atoms with Gasteiger partial charge in [0.05, 0.1) is 25.9 Å². The van der Waals surface area contributed by atoms with Crippen molar-refractivity contribution in [3.8, 4) is 0 Å². The molecular weight excluding hydrogens is 242 g/mol. The molecule has 1 aliphatic rings. The molecule has 0 aromatic rings. The van der Waals surface area contributed by atoms with Gasteiger partial charge in [-0.1, -0.05) is 26.2 Å². The van der Waals surface area contributed by atoms with E-state index < -0.39 is 6.10 Å². The quantitative estimate of drug-likeness (QED) is 0.597. The van der Waals surface area contributed by atoms with E-state index in [-0.39, 0.29) is 0 Å². The van der Waals surface area contributed by atoms with Crippen molar-refractivity contribution >= 4 is 0 Å². The molecule has 3 atom stereocenters. The van der Waals surface area contributed by atoms with Gasteiger partial charge in [-0.05, 0) is 25.7 Å². The predicted octanol–water partition coefficient (Wildman–Crippen LogP) is 1.96. The average Bonchev–Trinajstić information content (AvgIpc) is 2.45. The van der Waals surface area contributed by atoms with Gasteiger partial charge >= 0.3 is 0 Å². The molecule has 1 aliphatic carbocycles. The molecule has 19 heavy (non-hydrogen) atoms. The molecule has 114 valence electrons. The first-order valence-corrected chi connectivity index (χ1v) is 7.83. The van der Waals surface area contributed by atoms with Crippen LogP contribution in [-0.2, 0) is 9.47 Å². The standard InChI is InChI=1S/C15H31NO3/c1-3-13-6-5-7-14(10-13)16-11-15(17)12-19-9-8-18-4-2/h13-17H,3-12H2,1-2H3. The molecule has 0 spiro atoms. The molecule has 0 amide bonds. The van der Waals surface area contributed by atoms with Gasteiger partial charge in [0.25, 0.3) is 0 Å². The molecule has 1 fully saturated rings. The molecule has 0 aromatic heterocycles.